The minimum Gasteiger partial charge on any atom is -0.415 e. The van der Waals surface area contributed by atoms with Crippen LogP contribution in [0.5, 0.6) is 0 Å². The summed E-state index contributed by atoms with van der Waals surface area (Å²) in [6.45, 7) is 4.64. The normalized spacial score (nSPS) is 19.9. The average Bonchev–Trinajstić information content (AvgIpc) is 3.42. The highest BCUT2D eigenvalue weighted by Gasteiger charge is 2.38. The van der Waals surface area contributed by atoms with Gasteiger partial charge in [-0.2, -0.15) is 8.78 Å². The molecule has 1 aliphatic carbocycles. The molecule has 0 radical (unpaired) electrons. The molecule has 2 aromatic heterocycles. The quantitative estimate of drug-likeness (QED) is 0.289. The van der Waals surface area contributed by atoms with Gasteiger partial charge in [0.15, 0.2) is 0 Å². The summed E-state index contributed by atoms with van der Waals surface area (Å²) in [4.78, 5) is 9.38. The van der Waals surface area contributed by atoms with Gasteiger partial charge in [-0.15, -0.1) is 10.2 Å². The molecule has 1 aromatic carbocycles. The van der Waals surface area contributed by atoms with E-state index in [0.29, 0.717) is 17.7 Å². The zero-order valence-electron chi connectivity index (χ0n) is 22.8. The van der Waals surface area contributed by atoms with Crippen molar-refractivity contribution < 1.29 is 17.6 Å². The Morgan fingerprint density at radius 2 is 1.85 bits per heavy atom. The molecule has 12 heteroatoms. The van der Waals surface area contributed by atoms with Crippen LogP contribution in [0.15, 0.2) is 47.1 Å². The molecule has 0 spiro atoms. The summed E-state index contributed by atoms with van der Waals surface area (Å²) in [5.41, 5.74) is 9.10. The second-order valence-corrected chi connectivity index (χ2v) is 11.3. The van der Waals surface area contributed by atoms with Crippen LogP contribution in [0.3, 0.4) is 0 Å². The van der Waals surface area contributed by atoms with Crippen LogP contribution in [0.25, 0.3) is 17.2 Å². The summed E-state index contributed by atoms with van der Waals surface area (Å²) in [5.74, 6) is 4.85. The van der Waals surface area contributed by atoms with E-state index in [-0.39, 0.29) is 23.7 Å². The van der Waals surface area contributed by atoms with Crippen molar-refractivity contribution in [1.82, 2.24) is 30.0 Å². The zero-order valence-corrected chi connectivity index (χ0v) is 22.8. The summed E-state index contributed by atoms with van der Waals surface area (Å²) in [5, 5.41) is 8.03. The fraction of sp³-hybridized carbons (Fsp3) is 0.483. The maximum Gasteiger partial charge on any atom is 0.314 e. The smallest absolute Gasteiger partial charge is 0.314 e. The summed E-state index contributed by atoms with van der Waals surface area (Å²) in [7, 11) is 0. The first-order chi connectivity index (χ1) is 19.8. The molecule has 2 saturated heterocycles. The molecule has 218 valence electrons. The third kappa shape index (κ3) is 6.09. The Hall–Kier alpha value is -3.48. The Balaban J connectivity index is 1.04. The Kier molecular flexibility index (Phi) is 7.96. The van der Waals surface area contributed by atoms with E-state index in [1.807, 2.05) is 12.1 Å². The van der Waals surface area contributed by atoms with Crippen molar-refractivity contribution in [2.75, 3.05) is 26.2 Å². The number of nitrogens with zero attached hydrogens (tertiary/aromatic N) is 6. The molecule has 0 unspecified atom stereocenters. The Labute approximate surface area is 237 Å². The largest absolute Gasteiger partial charge is 0.415 e. The fourth-order valence-corrected chi connectivity index (χ4v) is 5.95. The van der Waals surface area contributed by atoms with Crippen molar-refractivity contribution in [3.63, 3.8) is 0 Å². The Morgan fingerprint density at radius 3 is 2.51 bits per heavy atom. The molecule has 41 heavy (non-hydrogen) atoms. The predicted molar refractivity (Wildman–Crippen MR) is 147 cm³/mol. The first-order valence-electron chi connectivity index (χ1n) is 14.2. The van der Waals surface area contributed by atoms with Crippen LogP contribution < -0.4 is 11.6 Å². The van der Waals surface area contributed by atoms with Crippen molar-refractivity contribution >= 4 is 5.70 Å². The minimum absolute atomic E-state index is 0.0525. The van der Waals surface area contributed by atoms with Crippen LogP contribution >= 0.6 is 0 Å². The lowest BCUT2D eigenvalue weighted by atomic mass is 9.85. The second kappa shape index (κ2) is 11.8. The topological polar surface area (TPSA) is 114 Å². The summed E-state index contributed by atoms with van der Waals surface area (Å²) in [6.07, 6.45) is 6.31. The van der Waals surface area contributed by atoms with Gasteiger partial charge in [0.25, 0.3) is 5.89 Å². The first kappa shape index (κ1) is 27.7. The summed E-state index contributed by atoms with van der Waals surface area (Å²) in [6, 6.07) is 10.9. The van der Waals surface area contributed by atoms with Crippen LogP contribution in [0.4, 0.5) is 13.2 Å². The molecule has 2 aliphatic heterocycles. The number of nitrogens with two attached hydrogens (primary N) is 2. The van der Waals surface area contributed by atoms with E-state index in [4.69, 9.17) is 16.0 Å². The number of rotatable bonds is 9. The van der Waals surface area contributed by atoms with Crippen LogP contribution in [-0.4, -0.2) is 68.3 Å². The van der Waals surface area contributed by atoms with E-state index in [0.717, 1.165) is 43.6 Å². The number of benzene rings is 1. The number of alkyl halides is 2. The number of pyridine rings is 1. The zero-order chi connectivity index (χ0) is 28.5. The molecule has 3 fully saturated rings. The average molecular weight is 569 g/mol. The highest BCUT2D eigenvalue weighted by atomic mass is 19.3. The van der Waals surface area contributed by atoms with Crippen LogP contribution in [0.1, 0.15) is 67.2 Å². The first-order valence-corrected chi connectivity index (χ1v) is 14.2. The molecule has 0 amide bonds. The van der Waals surface area contributed by atoms with Gasteiger partial charge in [0.2, 0.25) is 5.89 Å². The third-order valence-electron chi connectivity index (χ3n) is 8.65. The van der Waals surface area contributed by atoms with Gasteiger partial charge in [-0.05, 0) is 68.0 Å². The number of likely N-dealkylation sites (tertiary alicyclic amines) is 2. The molecule has 9 nitrogen and oxygen atoms in total. The molecule has 0 bridgehead atoms. The second-order valence-electron chi connectivity index (χ2n) is 11.3. The maximum absolute atomic E-state index is 14.7. The van der Waals surface area contributed by atoms with Crippen LogP contribution in [0, 0.1) is 5.82 Å². The van der Waals surface area contributed by atoms with E-state index in [1.54, 1.807) is 6.20 Å². The lowest BCUT2D eigenvalue weighted by Gasteiger charge is -2.52. The van der Waals surface area contributed by atoms with E-state index in [9.17, 15) is 13.2 Å². The number of hydrogen-bond donors (Lipinski definition) is 2. The van der Waals surface area contributed by atoms with E-state index in [2.05, 4.69) is 37.1 Å². The predicted octanol–water partition coefficient (Wildman–Crippen LogP) is 4.26. The van der Waals surface area contributed by atoms with Gasteiger partial charge in [0.05, 0.1) is 23.5 Å². The van der Waals surface area contributed by atoms with Gasteiger partial charge in [0.1, 0.15) is 5.82 Å². The minimum atomic E-state index is -2.91. The molecule has 3 aromatic rings. The SMILES string of the molecule is N/C(=C\N(N)Cc1ncc(-c2nnc(C(F)F)o2)cc1F)c1cccc(C2CCN(C3CN(C4CCC4)C3)CC2)c1. The molecule has 1 saturated carbocycles. The number of hydrogen-bond acceptors (Lipinski definition) is 9. The molecular weight excluding hydrogens is 533 g/mol. The van der Waals surface area contributed by atoms with Gasteiger partial charge in [0, 0.05) is 37.6 Å². The van der Waals surface area contributed by atoms with Crippen LogP contribution in [-0.2, 0) is 6.54 Å². The molecule has 3 aliphatic rings. The molecule has 0 atom stereocenters. The molecule has 4 heterocycles. The van der Waals surface area contributed by atoms with E-state index >= 15 is 0 Å². The van der Waals surface area contributed by atoms with Gasteiger partial charge in [-0.3, -0.25) is 14.8 Å². The third-order valence-corrected chi connectivity index (χ3v) is 8.65. The molecule has 4 N–H and O–H groups in total. The lowest BCUT2D eigenvalue weighted by molar-refractivity contribution is -0.0261. The lowest BCUT2D eigenvalue weighted by Crippen LogP contribution is -2.64. The molecule has 6 rings (SSSR count). The van der Waals surface area contributed by atoms with Gasteiger partial charge < -0.3 is 15.2 Å². The van der Waals surface area contributed by atoms with Crippen molar-refractivity contribution in [2.45, 2.75) is 63.1 Å². The van der Waals surface area contributed by atoms with Gasteiger partial charge in [-0.1, -0.05) is 24.6 Å². The van der Waals surface area contributed by atoms with Crippen LogP contribution in [0.2, 0.25) is 0 Å². The van der Waals surface area contributed by atoms with Gasteiger partial charge >= 0.3 is 6.43 Å². The highest BCUT2D eigenvalue weighted by molar-refractivity contribution is 5.63. The Bertz CT molecular complexity index is 1380. The summed E-state index contributed by atoms with van der Waals surface area (Å²) >= 11 is 0. The number of halogens is 3. The number of aromatic nitrogens is 3. The van der Waals surface area contributed by atoms with Crippen molar-refractivity contribution in [1.29, 1.82) is 0 Å². The number of hydrazine groups is 1. The standard InChI is InChI=1S/C29H35F3N8O/c30-24-12-21(28-36-37-29(41-28)27(31)32)13-35-26(24)17-40(34)16-25(33)20-4-1-3-19(11-20)18-7-9-38(10-8-18)23-14-39(15-23)22-5-2-6-22/h1,3-4,11-13,16,18,22-23,27H,2,5-10,14-15,17,33-34H2/b25-16-. The molecular formula is C29H35F3N8O. The monoisotopic (exact) mass is 568 g/mol. The Morgan fingerprint density at radius 1 is 1.07 bits per heavy atom. The van der Waals surface area contributed by atoms with E-state index in [1.165, 1.54) is 49.1 Å². The van der Waals surface area contributed by atoms with E-state index < -0.39 is 18.1 Å². The summed E-state index contributed by atoms with van der Waals surface area (Å²) < 4.78 is 45.0. The number of piperidine rings is 1. The maximum atomic E-state index is 14.7. The fourth-order valence-electron chi connectivity index (χ4n) is 5.95. The van der Waals surface area contributed by atoms with Gasteiger partial charge in [-0.25, -0.2) is 10.2 Å². The highest BCUT2D eigenvalue weighted by Crippen LogP contribution is 2.34. The van der Waals surface area contributed by atoms with Crippen molar-refractivity contribution in [3.05, 3.63) is 71.3 Å². The van der Waals surface area contributed by atoms with Crippen molar-refractivity contribution in [3.8, 4) is 11.5 Å². The van der Waals surface area contributed by atoms with Crippen molar-refractivity contribution in [2.24, 2.45) is 11.6 Å².